The van der Waals surface area contributed by atoms with Crippen molar-refractivity contribution in [3.05, 3.63) is 133 Å². The number of furan rings is 1. The lowest BCUT2D eigenvalue weighted by Crippen LogP contribution is -1.83. The monoisotopic (exact) mass is 471 g/mol. The average molecular weight is 472 g/mol. The Balaban J connectivity index is 1.23. The molecule has 172 valence electrons. The molecule has 1 heterocycles. The minimum atomic E-state index is 0.675. The zero-order valence-electron chi connectivity index (χ0n) is 20.0. The summed E-state index contributed by atoms with van der Waals surface area (Å²) in [6.45, 7) is 0. The first-order valence-corrected chi connectivity index (χ1v) is 12.3. The van der Waals surface area contributed by atoms with Gasteiger partial charge in [-0.15, -0.1) is 0 Å². The Morgan fingerprint density at radius 1 is 0.486 bits per heavy atom. The number of para-hydroxylation sites is 2. The highest BCUT2D eigenvalue weighted by molar-refractivity contribution is 6.10. The number of hydrogen-bond acceptors (Lipinski definition) is 2. The normalized spacial score (nSPS) is 11.2. The number of hydrogen-bond donors (Lipinski definition) is 0. The molecule has 2 nitrogen and oxygen atoms in total. The van der Waals surface area contributed by atoms with Gasteiger partial charge in [-0.3, -0.25) is 0 Å². The number of benzene rings is 6. The first-order chi connectivity index (χ1) is 18.3. The molecule has 0 bridgehead atoms. The van der Waals surface area contributed by atoms with Crippen LogP contribution in [0.1, 0.15) is 5.56 Å². The summed E-state index contributed by atoms with van der Waals surface area (Å²) in [4.78, 5) is 0. The van der Waals surface area contributed by atoms with E-state index in [0.29, 0.717) is 5.56 Å². The molecule has 0 amide bonds. The molecular formula is C35H21NO. The molecule has 6 aromatic carbocycles. The topological polar surface area (TPSA) is 36.9 Å². The molecule has 0 radical (unpaired) electrons. The van der Waals surface area contributed by atoms with Gasteiger partial charge in [0.05, 0.1) is 11.6 Å². The zero-order chi connectivity index (χ0) is 24.8. The van der Waals surface area contributed by atoms with E-state index in [1.807, 2.05) is 36.4 Å². The second kappa shape index (κ2) is 8.52. The van der Waals surface area contributed by atoms with Crippen LogP contribution < -0.4 is 0 Å². The molecule has 0 saturated heterocycles. The van der Waals surface area contributed by atoms with E-state index in [0.717, 1.165) is 44.2 Å². The van der Waals surface area contributed by atoms with Crippen LogP contribution in [-0.2, 0) is 0 Å². The largest absolute Gasteiger partial charge is 0.455 e. The Morgan fingerprint density at radius 3 is 1.78 bits per heavy atom. The predicted molar refractivity (Wildman–Crippen MR) is 152 cm³/mol. The third kappa shape index (κ3) is 3.66. The summed E-state index contributed by atoms with van der Waals surface area (Å²) in [6.07, 6.45) is 0. The van der Waals surface area contributed by atoms with E-state index in [1.54, 1.807) is 0 Å². The standard InChI is InChI=1S/C35H21NO/c36-22-23-8-10-24(11-9-23)25-12-14-26(15-13-25)27-16-17-29-21-30(19-18-28(29)20-27)31-5-3-6-33-32-4-1-2-7-34(32)37-35(31)33/h1-21H. The molecule has 2 heteroatoms. The van der Waals surface area contributed by atoms with Gasteiger partial charge in [0.25, 0.3) is 0 Å². The van der Waals surface area contributed by atoms with Crippen LogP contribution in [0.25, 0.3) is 66.1 Å². The maximum atomic E-state index is 9.03. The summed E-state index contributed by atoms with van der Waals surface area (Å²) in [5, 5.41) is 13.7. The fourth-order valence-electron chi connectivity index (χ4n) is 5.16. The molecular weight excluding hydrogens is 450 g/mol. The van der Waals surface area contributed by atoms with E-state index < -0.39 is 0 Å². The Kier molecular flexibility index (Phi) is 4.87. The van der Waals surface area contributed by atoms with Crippen molar-refractivity contribution in [2.45, 2.75) is 0 Å². The summed E-state index contributed by atoms with van der Waals surface area (Å²) in [7, 11) is 0. The predicted octanol–water partition coefficient (Wildman–Crippen LogP) is 9.61. The third-order valence-corrected chi connectivity index (χ3v) is 7.12. The molecule has 0 spiro atoms. The van der Waals surface area contributed by atoms with Crippen LogP contribution in [0.15, 0.2) is 132 Å². The van der Waals surface area contributed by atoms with Crippen LogP contribution in [0.3, 0.4) is 0 Å². The summed E-state index contributed by atoms with van der Waals surface area (Å²) in [5.41, 5.74) is 9.39. The van der Waals surface area contributed by atoms with Gasteiger partial charge in [-0.1, -0.05) is 97.1 Å². The van der Waals surface area contributed by atoms with E-state index in [4.69, 9.17) is 9.68 Å². The minimum absolute atomic E-state index is 0.675. The van der Waals surface area contributed by atoms with E-state index in [1.165, 1.54) is 21.9 Å². The lowest BCUT2D eigenvalue weighted by Gasteiger charge is -2.09. The first-order valence-electron chi connectivity index (χ1n) is 12.3. The molecule has 0 fully saturated rings. The van der Waals surface area contributed by atoms with Crippen molar-refractivity contribution in [3.8, 4) is 39.4 Å². The first kappa shape index (κ1) is 21.2. The smallest absolute Gasteiger partial charge is 0.143 e. The molecule has 7 rings (SSSR count). The Labute approximate surface area is 214 Å². The third-order valence-electron chi connectivity index (χ3n) is 7.12. The highest BCUT2D eigenvalue weighted by atomic mass is 16.3. The minimum Gasteiger partial charge on any atom is -0.455 e. The quantitative estimate of drug-likeness (QED) is 0.257. The molecule has 7 aromatic rings. The fraction of sp³-hybridized carbons (Fsp3) is 0. The lowest BCUT2D eigenvalue weighted by atomic mass is 9.96. The molecule has 0 aliphatic heterocycles. The van der Waals surface area contributed by atoms with Gasteiger partial charge in [-0.05, 0) is 68.9 Å². The van der Waals surface area contributed by atoms with E-state index >= 15 is 0 Å². The Bertz CT molecular complexity index is 1970. The van der Waals surface area contributed by atoms with Crippen LogP contribution in [0.2, 0.25) is 0 Å². The SMILES string of the molecule is N#Cc1ccc(-c2ccc(-c3ccc4cc(-c5cccc6c5oc5ccccc56)ccc4c3)cc2)cc1. The van der Waals surface area contributed by atoms with Gasteiger partial charge in [-0.2, -0.15) is 5.26 Å². The lowest BCUT2D eigenvalue weighted by molar-refractivity contribution is 0.670. The summed E-state index contributed by atoms with van der Waals surface area (Å²) >= 11 is 0. The molecule has 0 aliphatic carbocycles. The second-order valence-electron chi connectivity index (χ2n) is 9.32. The average Bonchev–Trinajstić information content (AvgIpc) is 3.36. The molecule has 0 unspecified atom stereocenters. The molecule has 0 atom stereocenters. The number of rotatable bonds is 3. The molecule has 37 heavy (non-hydrogen) atoms. The summed E-state index contributed by atoms with van der Waals surface area (Å²) in [5.74, 6) is 0. The van der Waals surface area contributed by atoms with Crippen LogP contribution in [0.4, 0.5) is 0 Å². The van der Waals surface area contributed by atoms with Crippen LogP contribution in [-0.4, -0.2) is 0 Å². The van der Waals surface area contributed by atoms with Crippen molar-refractivity contribution in [2.24, 2.45) is 0 Å². The Morgan fingerprint density at radius 2 is 1.05 bits per heavy atom. The van der Waals surface area contributed by atoms with Gasteiger partial charge in [0.1, 0.15) is 11.2 Å². The van der Waals surface area contributed by atoms with E-state index in [-0.39, 0.29) is 0 Å². The Hall–Kier alpha value is -5.13. The molecule has 0 N–H and O–H groups in total. The van der Waals surface area contributed by atoms with Crippen molar-refractivity contribution in [1.82, 2.24) is 0 Å². The highest BCUT2D eigenvalue weighted by Crippen LogP contribution is 2.37. The molecule has 0 saturated carbocycles. The van der Waals surface area contributed by atoms with E-state index in [9.17, 15) is 0 Å². The summed E-state index contributed by atoms with van der Waals surface area (Å²) in [6, 6.07) is 46.3. The van der Waals surface area contributed by atoms with Gasteiger partial charge in [0, 0.05) is 16.3 Å². The van der Waals surface area contributed by atoms with Crippen LogP contribution in [0, 0.1) is 11.3 Å². The maximum absolute atomic E-state index is 9.03. The van der Waals surface area contributed by atoms with Gasteiger partial charge < -0.3 is 4.42 Å². The van der Waals surface area contributed by atoms with Gasteiger partial charge >= 0.3 is 0 Å². The molecule has 1 aromatic heterocycles. The van der Waals surface area contributed by atoms with Crippen LogP contribution >= 0.6 is 0 Å². The molecule has 0 aliphatic rings. The van der Waals surface area contributed by atoms with Gasteiger partial charge in [0.15, 0.2) is 0 Å². The number of nitrogens with zero attached hydrogens (tertiary/aromatic N) is 1. The highest BCUT2D eigenvalue weighted by Gasteiger charge is 2.12. The second-order valence-corrected chi connectivity index (χ2v) is 9.32. The maximum Gasteiger partial charge on any atom is 0.143 e. The van der Waals surface area contributed by atoms with Crippen LogP contribution in [0.5, 0.6) is 0 Å². The van der Waals surface area contributed by atoms with Crippen molar-refractivity contribution < 1.29 is 4.42 Å². The zero-order valence-corrected chi connectivity index (χ0v) is 20.0. The van der Waals surface area contributed by atoms with Crippen molar-refractivity contribution in [3.63, 3.8) is 0 Å². The fourth-order valence-corrected chi connectivity index (χ4v) is 5.16. The van der Waals surface area contributed by atoms with Crippen molar-refractivity contribution >= 4 is 32.7 Å². The van der Waals surface area contributed by atoms with E-state index in [2.05, 4.69) is 97.1 Å². The number of nitriles is 1. The van der Waals surface area contributed by atoms with Crippen molar-refractivity contribution in [2.75, 3.05) is 0 Å². The van der Waals surface area contributed by atoms with Gasteiger partial charge in [0.2, 0.25) is 0 Å². The number of fused-ring (bicyclic) bond motifs is 4. The van der Waals surface area contributed by atoms with Gasteiger partial charge in [-0.25, -0.2) is 0 Å². The summed E-state index contributed by atoms with van der Waals surface area (Å²) < 4.78 is 6.27. The van der Waals surface area contributed by atoms with Crippen molar-refractivity contribution in [1.29, 1.82) is 5.26 Å².